The molecule has 1 unspecified atom stereocenters. The summed E-state index contributed by atoms with van der Waals surface area (Å²) in [5.74, 6) is 1.05. The summed E-state index contributed by atoms with van der Waals surface area (Å²) in [6.45, 7) is 5.57. The number of nitriles is 1. The predicted octanol–water partition coefficient (Wildman–Crippen LogP) is 2.33. The minimum absolute atomic E-state index is 0.0296. The molecule has 0 aliphatic carbocycles. The van der Waals surface area contributed by atoms with Crippen molar-refractivity contribution in [1.82, 2.24) is 20.5 Å². The molecule has 1 atom stereocenters. The van der Waals surface area contributed by atoms with E-state index in [0.717, 1.165) is 18.7 Å². The zero-order valence-corrected chi connectivity index (χ0v) is 14.9. The summed E-state index contributed by atoms with van der Waals surface area (Å²) in [5.41, 5.74) is 1.27. The molecule has 0 radical (unpaired) electrons. The Morgan fingerprint density at radius 1 is 1.44 bits per heavy atom. The quantitative estimate of drug-likeness (QED) is 0.870. The van der Waals surface area contributed by atoms with Crippen LogP contribution in [0.4, 0.5) is 15.7 Å². The van der Waals surface area contributed by atoms with Crippen molar-refractivity contribution in [3.63, 3.8) is 0 Å². The Kier molecular flexibility index (Phi) is 5.09. The smallest absolute Gasteiger partial charge is 0.321 e. The van der Waals surface area contributed by atoms with Crippen LogP contribution in [0.3, 0.4) is 0 Å². The summed E-state index contributed by atoms with van der Waals surface area (Å²) in [7, 11) is 0. The number of nitrogens with one attached hydrogen (secondary N) is 2. The van der Waals surface area contributed by atoms with Gasteiger partial charge in [-0.05, 0) is 24.5 Å². The molecule has 3 heterocycles. The first-order chi connectivity index (χ1) is 12.0. The molecule has 2 amide bonds. The number of aromatic nitrogens is 3. The van der Waals surface area contributed by atoms with Crippen molar-refractivity contribution in [3.8, 4) is 6.07 Å². The number of amides is 2. The van der Waals surface area contributed by atoms with Crippen LogP contribution in [0.5, 0.6) is 0 Å². The molecule has 0 saturated carbocycles. The summed E-state index contributed by atoms with van der Waals surface area (Å²) in [5, 5.41) is 25.0. The highest BCUT2D eigenvalue weighted by atomic mass is 32.1. The molecule has 2 aromatic heterocycles. The number of anilines is 2. The van der Waals surface area contributed by atoms with E-state index in [-0.39, 0.29) is 12.1 Å². The van der Waals surface area contributed by atoms with E-state index < -0.39 is 0 Å². The van der Waals surface area contributed by atoms with Gasteiger partial charge in [-0.1, -0.05) is 13.8 Å². The molecule has 2 aromatic rings. The topological polar surface area (TPSA) is 107 Å². The van der Waals surface area contributed by atoms with E-state index in [9.17, 15) is 4.79 Å². The van der Waals surface area contributed by atoms with Crippen molar-refractivity contribution in [2.75, 3.05) is 23.3 Å². The van der Waals surface area contributed by atoms with Crippen LogP contribution in [0.1, 0.15) is 37.6 Å². The highest BCUT2D eigenvalue weighted by Gasteiger charge is 2.25. The van der Waals surface area contributed by atoms with Crippen LogP contribution >= 0.6 is 11.3 Å². The lowest BCUT2D eigenvalue weighted by atomic mass is 10.2. The van der Waals surface area contributed by atoms with Crippen molar-refractivity contribution in [2.24, 2.45) is 0 Å². The van der Waals surface area contributed by atoms with Crippen LogP contribution in [0.15, 0.2) is 17.5 Å². The van der Waals surface area contributed by atoms with Gasteiger partial charge in [0.05, 0.1) is 5.69 Å². The maximum atomic E-state index is 12.1. The zero-order valence-electron chi connectivity index (χ0n) is 14.1. The predicted molar refractivity (Wildman–Crippen MR) is 95.7 cm³/mol. The number of carbonyl (C=O) groups is 1. The number of urea groups is 1. The van der Waals surface area contributed by atoms with Crippen LogP contribution in [0.2, 0.25) is 0 Å². The summed E-state index contributed by atoms with van der Waals surface area (Å²) in [4.78, 5) is 18.6. The summed E-state index contributed by atoms with van der Waals surface area (Å²) in [6, 6.07) is 5.15. The minimum atomic E-state index is -0.248. The van der Waals surface area contributed by atoms with Crippen molar-refractivity contribution in [2.45, 2.75) is 32.2 Å². The fourth-order valence-electron chi connectivity index (χ4n) is 2.57. The molecule has 9 heteroatoms. The molecule has 1 fully saturated rings. The van der Waals surface area contributed by atoms with Gasteiger partial charge in [-0.2, -0.15) is 5.26 Å². The van der Waals surface area contributed by atoms with Crippen LogP contribution in [-0.2, 0) is 0 Å². The molecule has 8 nitrogen and oxygen atoms in total. The van der Waals surface area contributed by atoms with Gasteiger partial charge in [0.1, 0.15) is 6.07 Å². The second-order valence-electron chi connectivity index (χ2n) is 6.15. The maximum absolute atomic E-state index is 12.1. The molecule has 0 spiro atoms. The fourth-order valence-corrected chi connectivity index (χ4v) is 3.43. The Hall–Kier alpha value is -2.73. The minimum Gasteiger partial charge on any atom is -0.353 e. The van der Waals surface area contributed by atoms with Gasteiger partial charge in [0.25, 0.3) is 0 Å². The molecule has 1 aliphatic heterocycles. The third kappa shape index (κ3) is 4.22. The average Bonchev–Trinajstić information content (AvgIpc) is 3.24. The van der Waals surface area contributed by atoms with Gasteiger partial charge in [0, 0.05) is 24.5 Å². The SMILES string of the molecule is CC(C)c1csc(NC(=O)NC2CCN(c3ccc(C#N)nn3)C2)n1. The third-order valence-electron chi connectivity index (χ3n) is 3.95. The van der Waals surface area contributed by atoms with Crippen LogP contribution in [0.25, 0.3) is 0 Å². The van der Waals surface area contributed by atoms with Crippen molar-refractivity contribution >= 4 is 28.3 Å². The second kappa shape index (κ2) is 7.44. The number of carbonyl (C=O) groups excluding carboxylic acids is 1. The monoisotopic (exact) mass is 357 g/mol. The number of hydrogen-bond donors (Lipinski definition) is 2. The zero-order chi connectivity index (χ0) is 17.8. The lowest BCUT2D eigenvalue weighted by Crippen LogP contribution is -2.39. The van der Waals surface area contributed by atoms with Crippen molar-refractivity contribution < 1.29 is 4.79 Å². The molecule has 1 aliphatic rings. The number of thiazole rings is 1. The molecule has 3 rings (SSSR count). The Morgan fingerprint density at radius 2 is 2.28 bits per heavy atom. The molecule has 2 N–H and O–H groups in total. The number of rotatable bonds is 4. The van der Waals surface area contributed by atoms with Gasteiger partial charge < -0.3 is 10.2 Å². The van der Waals surface area contributed by atoms with E-state index in [0.29, 0.717) is 29.1 Å². The molecule has 1 saturated heterocycles. The summed E-state index contributed by atoms with van der Waals surface area (Å²) < 4.78 is 0. The van der Waals surface area contributed by atoms with Gasteiger partial charge in [-0.3, -0.25) is 5.32 Å². The molecular weight excluding hydrogens is 338 g/mol. The first-order valence-electron chi connectivity index (χ1n) is 8.07. The average molecular weight is 357 g/mol. The molecule has 25 heavy (non-hydrogen) atoms. The van der Waals surface area contributed by atoms with Crippen LogP contribution in [0, 0.1) is 11.3 Å². The van der Waals surface area contributed by atoms with Gasteiger partial charge in [-0.25, -0.2) is 9.78 Å². The Morgan fingerprint density at radius 3 is 2.92 bits per heavy atom. The van der Waals surface area contributed by atoms with Gasteiger partial charge >= 0.3 is 6.03 Å². The lowest BCUT2D eigenvalue weighted by Gasteiger charge is -2.17. The standard InChI is InChI=1S/C16H19N7OS/c1-10(2)13-9-25-16(19-13)20-15(24)18-12-5-6-23(8-12)14-4-3-11(7-17)21-22-14/h3-4,9-10,12H,5-6,8H2,1-2H3,(H2,18,19,20,24). The summed E-state index contributed by atoms with van der Waals surface area (Å²) in [6.07, 6.45) is 0.824. The second-order valence-corrected chi connectivity index (χ2v) is 7.01. The van der Waals surface area contributed by atoms with Gasteiger partial charge in [0.2, 0.25) is 0 Å². The molecular formula is C16H19N7OS. The van der Waals surface area contributed by atoms with E-state index in [1.165, 1.54) is 11.3 Å². The Balaban J connectivity index is 1.51. The number of hydrogen-bond acceptors (Lipinski definition) is 7. The Bertz CT molecular complexity index is 781. The van der Waals surface area contributed by atoms with Crippen molar-refractivity contribution in [3.05, 3.63) is 28.9 Å². The van der Waals surface area contributed by atoms with Gasteiger partial charge in [0.15, 0.2) is 16.6 Å². The largest absolute Gasteiger partial charge is 0.353 e. The van der Waals surface area contributed by atoms with E-state index in [2.05, 4.69) is 39.7 Å². The van der Waals surface area contributed by atoms with Gasteiger partial charge in [-0.15, -0.1) is 21.5 Å². The fraction of sp³-hybridized carbons (Fsp3) is 0.438. The van der Waals surface area contributed by atoms with E-state index in [4.69, 9.17) is 5.26 Å². The summed E-state index contributed by atoms with van der Waals surface area (Å²) >= 11 is 1.43. The number of nitrogens with zero attached hydrogens (tertiary/aromatic N) is 5. The first kappa shape index (κ1) is 17.1. The van der Waals surface area contributed by atoms with E-state index in [1.807, 2.05) is 16.3 Å². The van der Waals surface area contributed by atoms with Crippen molar-refractivity contribution in [1.29, 1.82) is 5.26 Å². The Labute approximate surface area is 149 Å². The maximum Gasteiger partial charge on any atom is 0.321 e. The molecule has 130 valence electrons. The van der Waals surface area contributed by atoms with Crippen LogP contribution in [-0.4, -0.2) is 40.3 Å². The lowest BCUT2D eigenvalue weighted by molar-refractivity contribution is 0.249. The highest BCUT2D eigenvalue weighted by Crippen LogP contribution is 2.21. The van der Waals surface area contributed by atoms with E-state index in [1.54, 1.807) is 12.1 Å². The normalized spacial score (nSPS) is 16.7. The third-order valence-corrected chi connectivity index (χ3v) is 4.72. The van der Waals surface area contributed by atoms with Crippen LogP contribution < -0.4 is 15.5 Å². The molecule has 0 aromatic carbocycles. The molecule has 0 bridgehead atoms. The first-order valence-corrected chi connectivity index (χ1v) is 8.95. The highest BCUT2D eigenvalue weighted by molar-refractivity contribution is 7.13. The van der Waals surface area contributed by atoms with E-state index >= 15 is 0 Å².